The van der Waals surface area contributed by atoms with Crippen molar-refractivity contribution in [2.45, 2.75) is 32.7 Å². The molecule has 0 saturated carbocycles. The lowest BCUT2D eigenvalue weighted by Gasteiger charge is -2.37. The third-order valence-corrected chi connectivity index (χ3v) is 4.50. The van der Waals surface area contributed by atoms with E-state index in [9.17, 15) is 0 Å². The van der Waals surface area contributed by atoms with E-state index >= 15 is 0 Å². The van der Waals surface area contributed by atoms with Crippen molar-refractivity contribution in [3.8, 4) is 0 Å². The molecule has 1 heterocycles. The Labute approximate surface area is 131 Å². The van der Waals surface area contributed by atoms with Gasteiger partial charge in [0, 0.05) is 23.0 Å². The van der Waals surface area contributed by atoms with Gasteiger partial charge in [0.2, 0.25) is 0 Å². The first-order chi connectivity index (χ1) is 10.1. The Hall–Kier alpha value is -1.87. The lowest BCUT2D eigenvalue weighted by atomic mass is 9.95. The van der Waals surface area contributed by atoms with Crippen LogP contribution in [0.4, 0.5) is 11.4 Å². The van der Waals surface area contributed by atoms with Crippen LogP contribution in [-0.4, -0.2) is 11.0 Å². The van der Waals surface area contributed by atoms with Crippen LogP contribution in [0.25, 0.3) is 0 Å². The maximum Gasteiger partial charge on any atom is 0.104 e. The highest BCUT2D eigenvalue weighted by Crippen LogP contribution is 2.37. The number of fused-ring (bicyclic) bond motifs is 1. The van der Waals surface area contributed by atoms with Crippen LogP contribution >= 0.6 is 12.2 Å². The molecule has 0 saturated heterocycles. The second kappa shape index (κ2) is 5.49. The molecule has 3 heteroatoms. The first-order valence-electron chi connectivity index (χ1n) is 7.35. The Morgan fingerprint density at radius 1 is 1.24 bits per heavy atom. The third kappa shape index (κ3) is 2.54. The summed E-state index contributed by atoms with van der Waals surface area (Å²) < 4.78 is 0. The smallest absolute Gasteiger partial charge is 0.104 e. The van der Waals surface area contributed by atoms with E-state index in [2.05, 4.69) is 55.1 Å². The van der Waals surface area contributed by atoms with Gasteiger partial charge in [-0.2, -0.15) is 0 Å². The van der Waals surface area contributed by atoms with Crippen molar-refractivity contribution in [2.24, 2.45) is 5.73 Å². The van der Waals surface area contributed by atoms with Gasteiger partial charge in [-0.1, -0.05) is 30.4 Å². The molecule has 0 spiro atoms. The molecule has 2 nitrogen and oxygen atoms in total. The standard InChI is InChI=1S/C18H20N2S/c1-12-11-15(9-10-16(12)18(19)21)20-13(2)7-8-14-5-3-4-6-17(14)20/h3-6,9-11,13H,7-8H2,1-2H3,(H2,19,21). The molecule has 0 aliphatic carbocycles. The van der Waals surface area contributed by atoms with Crippen LogP contribution in [-0.2, 0) is 6.42 Å². The van der Waals surface area contributed by atoms with Gasteiger partial charge in [0.05, 0.1) is 0 Å². The van der Waals surface area contributed by atoms with E-state index in [0.29, 0.717) is 11.0 Å². The van der Waals surface area contributed by atoms with Crippen LogP contribution in [0.3, 0.4) is 0 Å². The number of para-hydroxylation sites is 1. The summed E-state index contributed by atoms with van der Waals surface area (Å²) in [6.45, 7) is 4.35. The topological polar surface area (TPSA) is 29.3 Å². The molecule has 0 fully saturated rings. The van der Waals surface area contributed by atoms with Gasteiger partial charge in [-0.15, -0.1) is 0 Å². The maximum atomic E-state index is 5.76. The van der Waals surface area contributed by atoms with Gasteiger partial charge in [0.25, 0.3) is 0 Å². The third-order valence-electron chi connectivity index (χ3n) is 4.28. The van der Waals surface area contributed by atoms with Crippen molar-refractivity contribution in [2.75, 3.05) is 4.90 Å². The fourth-order valence-electron chi connectivity index (χ4n) is 3.16. The summed E-state index contributed by atoms with van der Waals surface area (Å²) in [5.74, 6) is 0. The van der Waals surface area contributed by atoms with Crippen molar-refractivity contribution in [3.63, 3.8) is 0 Å². The molecular weight excluding hydrogens is 276 g/mol. The van der Waals surface area contributed by atoms with Crippen molar-refractivity contribution in [1.29, 1.82) is 0 Å². The van der Waals surface area contributed by atoms with E-state index < -0.39 is 0 Å². The number of aryl methyl sites for hydroxylation is 2. The van der Waals surface area contributed by atoms with Gasteiger partial charge in [-0.25, -0.2) is 0 Å². The first-order valence-corrected chi connectivity index (χ1v) is 7.76. The van der Waals surface area contributed by atoms with Crippen LogP contribution in [0.2, 0.25) is 0 Å². The highest BCUT2D eigenvalue weighted by Gasteiger charge is 2.24. The van der Waals surface area contributed by atoms with Crippen molar-refractivity contribution in [1.82, 2.24) is 0 Å². The summed E-state index contributed by atoms with van der Waals surface area (Å²) in [5.41, 5.74) is 11.8. The van der Waals surface area contributed by atoms with Crippen LogP contribution in [0.5, 0.6) is 0 Å². The molecule has 2 aromatic carbocycles. The number of thiocarbonyl (C=S) groups is 1. The van der Waals surface area contributed by atoms with Crippen LogP contribution in [0, 0.1) is 6.92 Å². The average Bonchev–Trinajstić information content (AvgIpc) is 2.46. The summed E-state index contributed by atoms with van der Waals surface area (Å²) >= 11 is 5.10. The second-order valence-corrected chi connectivity index (χ2v) is 6.19. The minimum atomic E-state index is 0.464. The van der Waals surface area contributed by atoms with Gasteiger partial charge < -0.3 is 10.6 Å². The molecule has 1 aliphatic rings. The van der Waals surface area contributed by atoms with E-state index in [0.717, 1.165) is 17.5 Å². The first kappa shape index (κ1) is 14.1. The largest absolute Gasteiger partial charge is 0.389 e. The summed E-state index contributed by atoms with van der Waals surface area (Å²) in [6, 6.07) is 15.5. The zero-order chi connectivity index (χ0) is 15.0. The van der Waals surface area contributed by atoms with Gasteiger partial charge in [0.15, 0.2) is 0 Å². The zero-order valence-corrected chi connectivity index (χ0v) is 13.3. The Bertz CT molecular complexity index is 693. The fraction of sp³-hybridized carbons (Fsp3) is 0.278. The number of hydrogen-bond acceptors (Lipinski definition) is 2. The van der Waals surface area contributed by atoms with E-state index in [-0.39, 0.29) is 0 Å². The van der Waals surface area contributed by atoms with Gasteiger partial charge in [0.1, 0.15) is 4.99 Å². The van der Waals surface area contributed by atoms with Crippen molar-refractivity contribution >= 4 is 28.6 Å². The Morgan fingerprint density at radius 3 is 2.71 bits per heavy atom. The molecule has 1 unspecified atom stereocenters. The number of nitrogens with two attached hydrogens (primary N) is 1. The maximum absolute atomic E-state index is 5.76. The molecule has 0 aromatic heterocycles. The second-order valence-electron chi connectivity index (χ2n) is 5.75. The molecule has 1 aliphatic heterocycles. The summed E-state index contributed by atoms with van der Waals surface area (Å²) in [6.07, 6.45) is 2.32. The summed E-state index contributed by atoms with van der Waals surface area (Å²) in [5, 5.41) is 0. The molecule has 21 heavy (non-hydrogen) atoms. The Morgan fingerprint density at radius 2 is 2.00 bits per heavy atom. The molecule has 1 atom stereocenters. The van der Waals surface area contributed by atoms with E-state index in [1.807, 2.05) is 6.07 Å². The molecule has 2 aromatic rings. The number of nitrogens with zero attached hydrogens (tertiary/aromatic N) is 1. The van der Waals surface area contributed by atoms with Crippen LogP contribution in [0.15, 0.2) is 42.5 Å². The molecule has 0 radical (unpaired) electrons. The molecule has 2 N–H and O–H groups in total. The predicted molar refractivity (Wildman–Crippen MR) is 93.4 cm³/mol. The van der Waals surface area contributed by atoms with Crippen LogP contribution in [0.1, 0.15) is 30.0 Å². The molecule has 0 bridgehead atoms. The minimum absolute atomic E-state index is 0.464. The van der Waals surface area contributed by atoms with Gasteiger partial charge in [-0.3, -0.25) is 0 Å². The summed E-state index contributed by atoms with van der Waals surface area (Å²) in [7, 11) is 0. The highest BCUT2D eigenvalue weighted by molar-refractivity contribution is 7.80. The number of rotatable bonds is 2. The van der Waals surface area contributed by atoms with Gasteiger partial charge in [-0.05, 0) is 62.1 Å². The lowest BCUT2D eigenvalue weighted by molar-refractivity contribution is 0.618. The minimum Gasteiger partial charge on any atom is -0.389 e. The highest BCUT2D eigenvalue weighted by atomic mass is 32.1. The molecule has 108 valence electrons. The predicted octanol–water partition coefficient (Wildman–Crippen LogP) is 4.10. The molecular formula is C18H20N2S. The Kier molecular flexibility index (Phi) is 3.68. The van der Waals surface area contributed by atoms with E-state index in [1.165, 1.54) is 23.4 Å². The summed E-state index contributed by atoms with van der Waals surface area (Å²) in [4.78, 5) is 2.89. The van der Waals surface area contributed by atoms with Crippen LogP contribution < -0.4 is 10.6 Å². The number of anilines is 2. The van der Waals surface area contributed by atoms with Crippen molar-refractivity contribution < 1.29 is 0 Å². The Balaban J connectivity index is 2.07. The lowest BCUT2D eigenvalue weighted by Crippen LogP contribution is -2.33. The van der Waals surface area contributed by atoms with E-state index in [1.54, 1.807) is 0 Å². The van der Waals surface area contributed by atoms with E-state index in [4.69, 9.17) is 18.0 Å². The number of hydrogen-bond donors (Lipinski definition) is 1. The fourth-order valence-corrected chi connectivity index (χ4v) is 3.38. The molecule has 3 rings (SSSR count). The quantitative estimate of drug-likeness (QED) is 0.846. The monoisotopic (exact) mass is 296 g/mol. The van der Waals surface area contributed by atoms with Gasteiger partial charge >= 0.3 is 0 Å². The average molecular weight is 296 g/mol. The number of benzene rings is 2. The SMILES string of the molecule is Cc1cc(N2c3ccccc3CCC2C)ccc1C(N)=S. The molecule has 0 amide bonds. The normalized spacial score (nSPS) is 17.4. The zero-order valence-electron chi connectivity index (χ0n) is 12.5. The van der Waals surface area contributed by atoms with Crippen molar-refractivity contribution in [3.05, 3.63) is 59.2 Å².